The number of para-hydroxylation sites is 2. The maximum atomic E-state index is 6.00. The van der Waals surface area contributed by atoms with E-state index in [4.69, 9.17) is 15.2 Å². The van der Waals surface area contributed by atoms with Gasteiger partial charge in [0.05, 0.1) is 13.2 Å². The van der Waals surface area contributed by atoms with Crippen molar-refractivity contribution in [3.63, 3.8) is 0 Å². The molecule has 3 rings (SSSR count). The predicted molar refractivity (Wildman–Crippen MR) is 132 cm³/mol. The van der Waals surface area contributed by atoms with Gasteiger partial charge in [-0.2, -0.15) is 0 Å². The molecule has 3 aromatic rings. The van der Waals surface area contributed by atoms with E-state index < -0.39 is 0 Å². The number of hydrogen-bond acceptors (Lipinski definition) is 4. The van der Waals surface area contributed by atoms with E-state index in [1.54, 1.807) is 6.20 Å². The minimum absolute atomic E-state index is 0. The molecule has 0 radical (unpaired) electrons. The number of guanidine groups is 1. The molecule has 0 aliphatic rings. The number of aromatic nitrogens is 1. The van der Waals surface area contributed by atoms with Crippen LogP contribution in [0, 0.1) is 0 Å². The minimum atomic E-state index is 0. The van der Waals surface area contributed by atoms with Crippen LogP contribution in [0.4, 0.5) is 5.69 Å². The van der Waals surface area contributed by atoms with Gasteiger partial charge in [-0.25, -0.2) is 9.98 Å². The fraction of sp³-hybridized carbons (Fsp3) is 0.217. The van der Waals surface area contributed by atoms with Gasteiger partial charge in [-0.3, -0.25) is 0 Å². The van der Waals surface area contributed by atoms with Gasteiger partial charge in [-0.1, -0.05) is 37.3 Å². The van der Waals surface area contributed by atoms with Crippen LogP contribution >= 0.6 is 24.0 Å². The lowest BCUT2D eigenvalue weighted by molar-refractivity contribution is 0.319. The van der Waals surface area contributed by atoms with Crippen LogP contribution in [0.15, 0.2) is 71.9 Å². The normalized spacial score (nSPS) is 10.8. The molecule has 0 saturated heterocycles. The summed E-state index contributed by atoms with van der Waals surface area (Å²) in [5.41, 5.74) is 9.11. The number of pyridine rings is 1. The van der Waals surface area contributed by atoms with E-state index in [0.29, 0.717) is 36.5 Å². The second-order valence-electron chi connectivity index (χ2n) is 6.37. The summed E-state index contributed by atoms with van der Waals surface area (Å²) in [6.07, 6.45) is 2.70. The number of hydrogen-bond donors (Lipinski definition) is 2. The van der Waals surface area contributed by atoms with Gasteiger partial charge in [0, 0.05) is 18.0 Å². The molecule has 0 aliphatic carbocycles. The van der Waals surface area contributed by atoms with Crippen LogP contribution < -0.4 is 20.5 Å². The Kier molecular flexibility index (Phi) is 9.40. The van der Waals surface area contributed by atoms with E-state index in [1.807, 2.05) is 55.5 Å². The summed E-state index contributed by atoms with van der Waals surface area (Å²) in [5.74, 6) is 2.18. The Balaban J connectivity index is 0.00000320. The van der Waals surface area contributed by atoms with Gasteiger partial charge in [-0.15, -0.1) is 24.0 Å². The lowest BCUT2D eigenvalue weighted by atomic mass is 10.1. The summed E-state index contributed by atoms with van der Waals surface area (Å²) >= 11 is 0. The molecule has 0 aliphatic heterocycles. The summed E-state index contributed by atoms with van der Waals surface area (Å²) in [4.78, 5) is 8.73. The average Bonchev–Trinajstić information content (AvgIpc) is 2.75. The lowest BCUT2D eigenvalue weighted by Gasteiger charge is -2.10. The predicted octanol–water partition coefficient (Wildman–Crippen LogP) is 5.38. The zero-order chi connectivity index (χ0) is 20.5. The van der Waals surface area contributed by atoms with Crippen molar-refractivity contribution >= 4 is 35.6 Å². The average molecular weight is 518 g/mol. The van der Waals surface area contributed by atoms with Gasteiger partial charge in [-0.05, 0) is 48.7 Å². The molecule has 1 heterocycles. The van der Waals surface area contributed by atoms with Gasteiger partial charge in [0.1, 0.15) is 0 Å². The van der Waals surface area contributed by atoms with E-state index in [0.717, 1.165) is 17.7 Å². The van der Waals surface area contributed by atoms with Crippen LogP contribution in [0.1, 0.15) is 25.0 Å². The second-order valence-corrected chi connectivity index (χ2v) is 6.37. The number of aryl methyl sites for hydroxylation is 1. The maximum absolute atomic E-state index is 6.00. The molecular formula is C23H27IN4O2. The molecule has 0 saturated carbocycles. The number of anilines is 1. The third-order valence-corrected chi connectivity index (χ3v) is 4.20. The van der Waals surface area contributed by atoms with Crippen molar-refractivity contribution in [2.24, 2.45) is 10.7 Å². The molecule has 0 atom stereocenters. The monoisotopic (exact) mass is 518 g/mol. The smallest absolute Gasteiger partial charge is 0.219 e. The van der Waals surface area contributed by atoms with E-state index in [-0.39, 0.29) is 24.0 Å². The van der Waals surface area contributed by atoms with Gasteiger partial charge < -0.3 is 20.5 Å². The minimum Gasteiger partial charge on any atom is -0.490 e. The molecule has 0 unspecified atom stereocenters. The Morgan fingerprint density at radius 3 is 2.50 bits per heavy atom. The first-order valence-electron chi connectivity index (χ1n) is 9.68. The van der Waals surface area contributed by atoms with Crippen molar-refractivity contribution in [1.29, 1.82) is 0 Å². The van der Waals surface area contributed by atoms with Crippen molar-refractivity contribution in [2.45, 2.75) is 26.8 Å². The van der Waals surface area contributed by atoms with E-state index >= 15 is 0 Å². The van der Waals surface area contributed by atoms with Crippen LogP contribution in [0.2, 0.25) is 0 Å². The van der Waals surface area contributed by atoms with Gasteiger partial charge in [0.15, 0.2) is 17.5 Å². The van der Waals surface area contributed by atoms with E-state index in [1.165, 1.54) is 5.56 Å². The molecule has 6 nitrogen and oxygen atoms in total. The molecule has 0 bridgehead atoms. The topological polar surface area (TPSA) is 81.8 Å². The largest absolute Gasteiger partial charge is 0.490 e. The SMILES string of the molecule is CCOc1ccccc1Oc1ccc(CN=C(N)Nc2cccc(CC)c2)cn1.I. The molecule has 0 fully saturated rings. The Labute approximate surface area is 194 Å². The highest BCUT2D eigenvalue weighted by Crippen LogP contribution is 2.30. The summed E-state index contributed by atoms with van der Waals surface area (Å²) in [6, 6.07) is 19.4. The van der Waals surface area contributed by atoms with Crippen LogP contribution in [0.3, 0.4) is 0 Å². The standard InChI is InChI=1S/C23H26N4O2.HI/c1-3-17-8-7-9-19(14-17)27-23(24)26-16-18-12-13-22(25-15-18)29-21-11-6-5-10-20(21)28-4-2;/h5-15H,3-4,16H2,1-2H3,(H3,24,26,27);1H. The number of benzene rings is 2. The molecule has 30 heavy (non-hydrogen) atoms. The van der Waals surface area contributed by atoms with E-state index in [2.05, 4.69) is 34.3 Å². The number of nitrogens with one attached hydrogen (secondary N) is 1. The molecule has 0 amide bonds. The molecule has 1 aromatic heterocycles. The van der Waals surface area contributed by atoms with E-state index in [9.17, 15) is 0 Å². The summed E-state index contributed by atoms with van der Waals surface area (Å²) in [7, 11) is 0. The molecular weight excluding hydrogens is 491 g/mol. The Morgan fingerprint density at radius 2 is 1.80 bits per heavy atom. The maximum Gasteiger partial charge on any atom is 0.219 e. The second kappa shape index (κ2) is 12.0. The number of aliphatic imine (C=N–C) groups is 1. The zero-order valence-corrected chi connectivity index (χ0v) is 19.5. The van der Waals surface area contributed by atoms with Crippen LogP contribution in [0.5, 0.6) is 17.4 Å². The van der Waals surface area contributed by atoms with Gasteiger partial charge in [0.25, 0.3) is 0 Å². The fourth-order valence-corrected chi connectivity index (χ4v) is 2.72. The number of nitrogens with zero attached hydrogens (tertiary/aromatic N) is 2. The van der Waals surface area contributed by atoms with Crippen LogP contribution in [-0.2, 0) is 13.0 Å². The number of rotatable bonds is 8. The van der Waals surface area contributed by atoms with Crippen LogP contribution in [0.25, 0.3) is 0 Å². The number of nitrogens with two attached hydrogens (primary N) is 1. The first kappa shape index (κ1) is 23.5. The highest BCUT2D eigenvalue weighted by molar-refractivity contribution is 14.0. The Morgan fingerprint density at radius 1 is 1.00 bits per heavy atom. The van der Waals surface area contributed by atoms with Crippen LogP contribution in [-0.4, -0.2) is 17.6 Å². The Hall–Kier alpha value is -2.81. The molecule has 0 spiro atoms. The zero-order valence-electron chi connectivity index (χ0n) is 17.2. The third kappa shape index (κ3) is 6.91. The third-order valence-electron chi connectivity index (χ3n) is 4.20. The summed E-state index contributed by atoms with van der Waals surface area (Å²) < 4.78 is 11.4. The highest BCUT2D eigenvalue weighted by Gasteiger charge is 2.06. The van der Waals surface area contributed by atoms with Gasteiger partial charge >= 0.3 is 0 Å². The fourth-order valence-electron chi connectivity index (χ4n) is 2.72. The molecule has 3 N–H and O–H groups in total. The quantitative estimate of drug-likeness (QED) is 0.238. The number of ether oxygens (including phenoxy) is 2. The van der Waals surface area contributed by atoms with Crippen molar-refractivity contribution in [3.05, 3.63) is 78.0 Å². The highest BCUT2D eigenvalue weighted by atomic mass is 127. The Bertz CT molecular complexity index is 961. The molecule has 158 valence electrons. The molecule has 2 aromatic carbocycles. The van der Waals surface area contributed by atoms with Crippen molar-refractivity contribution in [1.82, 2.24) is 4.98 Å². The van der Waals surface area contributed by atoms with Crippen molar-refractivity contribution < 1.29 is 9.47 Å². The first-order valence-corrected chi connectivity index (χ1v) is 9.68. The summed E-state index contributed by atoms with van der Waals surface area (Å²) in [6.45, 7) is 5.05. The van der Waals surface area contributed by atoms with Crippen molar-refractivity contribution in [2.75, 3.05) is 11.9 Å². The summed E-state index contributed by atoms with van der Waals surface area (Å²) in [5, 5.41) is 3.12. The lowest BCUT2D eigenvalue weighted by Crippen LogP contribution is -2.22. The number of halogens is 1. The van der Waals surface area contributed by atoms with Gasteiger partial charge in [0.2, 0.25) is 5.88 Å². The first-order chi connectivity index (χ1) is 14.2. The van der Waals surface area contributed by atoms with Crippen molar-refractivity contribution in [3.8, 4) is 17.4 Å². The molecule has 7 heteroatoms.